The van der Waals surface area contributed by atoms with Crippen LogP contribution in [0.4, 0.5) is 13.2 Å². The molecule has 0 spiro atoms. The monoisotopic (exact) mass is 425 g/mol. The van der Waals surface area contributed by atoms with Crippen LogP contribution in [0, 0.1) is 0 Å². The van der Waals surface area contributed by atoms with Crippen molar-refractivity contribution in [2.45, 2.75) is 12.7 Å². The van der Waals surface area contributed by atoms with Gasteiger partial charge in [-0.2, -0.15) is 18.3 Å². The molecule has 3 aromatic heterocycles. The summed E-state index contributed by atoms with van der Waals surface area (Å²) < 4.78 is 42.6. The molecule has 0 aliphatic rings. The lowest BCUT2D eigenvalue weighted by atomic mass is 10.2. The number of hydrogen-bond donors (Lipinski definition) is 0. The third-order valence-corrected chi connectivity index (χ3v) is 4.76. The molecule has 9 heteroatoms. The maximum atomic E-state index is 13.2. The van der Waals surface area contributed by atoms with E-state index in [1.54, 1.807) is 48.5 Å². The van der Waals surface area contributed by atoms with Gasteiger partial charge < -0.3 is 9.47 Å². The molecule has 158 valence electrons. The number of halogens is 3. The second-order valence-corrected chi connectivity index (χ2v) is 6.95. The van der Waals surface area contributed by atoms with Crippen LogP contribution in [0.1, 0.15) is 21.5 Å². The quantitative estimate of drug-likeness (QED) is 0.478. The Balaban J connectivity index is 1.75. The Bertz CT molecular complexity index is 1180. The smallest absolute Gasteiger partial charge is 0.337 e. The number of nitrogens with zero attached hydrogens (tertiary/aromatic N) is 5. The predicted molar refractivity (Wildman–Crippen MR) is 108 cm³/mol. The summed E-state index contributed by atoms with van der Waals surface area (Å²) in [6.45, 7) is 0.348. The van der Waals surface area contributed by atoms with Crippen LogP contribution in [0.3, 0.4) is 0 Å². The maximum Gasteiger partial charge on any atom is 0.416 e. The topological polar surface area (TPSA) is 56.0 Å². The van der Waals surface area contributed by atoms with Gasteiger partial charge in [-0.1, -0.05) is 6.07 Å². The fraction of sp³-hybridized carbons (Fsp3) is 0.136. The molecule has 4 rings (SSSR count). The first-order chi connectivity index (χ1) is 14.8. The van der Waals surface area contributed by atoms with Crippen LogP contribution in [-0.2, 0) is 12.7 Å². The van der Waals surface area contributed by atoms with Crippen LogP contribution in [0.15, 0.2) is 79.5 Å². The van der Waals surface area contributed by atoms with Crippen molar-refractivity contribution < 1.29 is 18.0 Å². The van der Waals surface area contributed by atoms with E-state index in [0.29, 0.717) is 12.4 Å². The highest BCUT2D eigenvalue weighted by Gasteiger charge is 2.31. The number of alkyl halides is 3. The largest absolute Gasteiger partial charge is 0.416 e. The van der Waals surface area contributed by atoms with E-state index in [4.69, 9.17) is 0 Å². The summed E-state index contributed by atoms with van der Waals surface area (Å²) in [5, 5.41) is 4.25. The minimum atomic E-state index is -4.49. The molecular formula is C22H18F3N5O. The molecule has 31 heavy (non-hydrogen) atoms. The number of aromatic nitrogens is 4. The van der Waals surface area contributed by atoms with Gasteiger partial charge in [-0.25, -0.2) is 4.68 Å². The maximum absolute atomic E-state index is 13.2. The minimum Gasteiger partial charge on any atom is -0.337 e. The van der Waals surface area contributed by atoms with Gasteiger partial charge in [-0.05, 0) is 48.0 Å². The molecule has 0 radical (unpaired) electrons. The second kappa shape index (κ2) is 8.10. The Morgan fingerprint density at radius 3 is 2.45 bits per heavy atom. The number of carbonyl (C=O) groups is 1. The van der Waals surface area contributed by atoms with E-state index in [1.165, 1.54) is 27.9 Å². The van der Waals surface area contributed by atoms with Crippen molar-refractivity contribution in [3.8, 4) is 11.5 Å². The molecule has 0 aliphatic carbocycles. The summed E-state index contributed by atoms with van der Waals surface area (Å²) in [6.07, 6.45) is 3.60. The molecular weight excluding hydrogens is 407 g/mol. The lowest BCUT2D eigenvalue weighted by Crippen LogP contribution is -2.27. The van der Waals surface area contributed by atoms with Crippen LogP contribution < -0.4 is 0 Å². The first kappa shape index (κ1) is 20.4. The van der Waals surface area contributed by atoms with Crippen molar-refractivity contribution in [2.75, 3.05) is 7.05 Å². The third kappa shape index (κ3) is 4.20. The molecule has 0 fully saturated rings. The van der Waals surface area contributed by atoms with Crippen LogP contribution in [0.25, 0.3) is 11.5 Å². The zero-order valence-corrected chi connectivity index (χ0v) is 16.5. The van der Waals surface area contributed by atoms with Crippen LogP contribution in [-0.4, -0.2) is 37.2 Å². The first-order valence-corrected chi connectivity index (χ1v) is 9.38. The van der Waals surface area contributed by atoms with Crippen LogP contribution >= 0.6 is 0 Å². The van der Waals surface area contributed by atoms with Gasteiger partial charge in [0.15, 0.2) is 5.82 Å². The number of hydrogen-bond acceptors (Lipinski definition) is 3. The number of pyridine rings is 1. The first-order valence-electron chi connectivity index (χ1n) is 9.38. The number of carbonyl (C=O) groups excluding carboxylic acids is 1. The Hall–Kier alpha value is -3.88. The summed E-state index contributed by atoms with van der Waals surface area (Å²) in [5.74, 6) is 0.0506. The fourth-order valence-electron chi connectivity index (χ4n) is 3.26. The van der Waals surface area contributed by atoms with E-state index in [-0.39, 0.29) is 17.2 Å². The summed E-state index contributed by atoms with van der Waals surface area (Å²) in [4.78, 5) is 18.7. The van der Waals surface area contributed by atoms with Crippen molar-refractivity contribution in [3.63, 3.8) is 0 Å². The highest BCUT2D eigenvalue weighted by Crippen LogP contribution is 2.31. The molecule has 3 heterocycles. The van der Waals surface area contributed by atoms with Crippen molar-refractivity contribution in [2.24, 2.45) is 0 Å². The summed E-state index contributed by atoms with van der Waals surface area (Å²) in [5.41, 5.74) is 0.583. The summed E-state index contributed by atoms with van der Waals surface area (Å²) in [6, 6.07) is 12.0. The molecule has 0 unspecified atom stereocenters. The number of rotatable bonds is 5. The highest BCUT2D eigenvalue weighted by atomic mass is 19.4. The Morgan fingerprint density at radius 1 is 1.06 bits per heavy atom. The van der Waals surface area contributed by atoms with Crippen molar-refractivity contribution in [3.05, 3.63) is 96.2 Å². The lowest BCUT2D eigenvalue weighted by Gasteiger charge is -2.18. The second-order valence-electron chi connectivity index (χ2n) is 6.95. The van der Waals surface area contributed by atoms with Crippen molar-refractivity contribution >= 4 is 5.91 Å². The Morgan fingerprint density at radius 2 is 1.77 bits per heavy atom. The zero-order chi connectivity index (χ0) is 22.0. The van der Waals surface area contributed by atoms with Gasteiger partial charge in [0, 0.05) is 38.4 Å². The molecule has 0 aliphatic heterocycles. The van der Waals surface area contributed by atoms with Gasteiger partial charge >= 0.3 is 6.18 Å². The van der Waals surface area contributed by atoms with E-state index >= 15 is 0 Å². The molecule has 0 N–H and O–H groups in total. The van der Waals surface area contributed by atoms with E-state index in [9.17, 15) is 18.0 Å². The van der Waals surface area contributed by atoms with Gasteiger partial charge in [0.1, 0.15) is 5.56 Å². The van der Waals surface area contributed by atoms with Gasteiger partial charge in [0.25, 0.3) is 5.91 Å². The molecule has 0 saturated carbocycles. The minimum absolute atomic E-state index is 0.203. The molecule has 1 aromatic carbocycles. The van der Waals surface area contributed by atoms with Gasteiger partial charge in [0.05, 0.1) is 17.4 Å². The molecule has 1 amide bonds. The summed E-state index contributed by atoms with van der Waals surface area (Å²) in [7, 11) is 1.66. The summed E-state index contributed by atoms with van der Waals surface area (Å²) >= 11 is 0. The predicted octanol–water partition coefficient (Wildman–Crippen LogP) is 4.35. The number of amides is 1. The standard InChI is InChI=1S/C22H18F3N5O/c1-28(15-16-7-9-26-10-8-16)21(31)19-14-27-30(20(19)29-11-2-3-12-29)18-6-4-5-17(13-18)22(23,24)25/h2-14H,15H2,1H3. The van der Waals surface area contributed by atoms with E-state index in [2.05, 4.69) is 10.1 Å². The van der Waals surface area contributed by atoms with Gasteiger partial charge in [0.2, 0.25) is 0 Å². The Kier molecular flexibility index (Phi) is 5.33. The van der Waals surface area contributed by atoms with E-state index < -0.39 is 11.7 Å². The molecule has 4 aromatic rings. The lowest BCUT2D eigenvalue weighted by molar-refractivity contribution is -0.137. The third-order valence-electron chi connectivity index (χ3n) is 4.76. The SMILES string of the molecule is CN(Cc1ccncc1)C(=O)c1cnn(-c2cccc(C(F)(F)F)c2)c1-n1cccc1. The van der Waals surface area contributed by atoms with Crippen molar-refractivity contribution in [1.29, 1.82) is 0 Å². The van der Waals surface area contributed by atoms with Crippen LogP contribution in [0.2, 0.25) is 0 Å². The number of benzene rings is 1. The van der Waals surface area contributed by atoms with Crippen LogP contribution in [0.5, 0.6) is 0 Å². The zero-order valence-electron chi connectivity index (χ0n) is 16.5. The van der Waals surface area contributed by atoms with Crippen molar-refractivity contribution in [1.82, 2.24) is 24.2 Å². The molecule has 0 atom stereocenters. The van der Waals surface area contributed by atoms with E-state index in [0.717, 1.165) is 17.7 Å². The average molecular weight is 425 g/mol. The fourth-order valence-corrected chi connectivity index (χ4v) is 3.26. The Labute approximate surface area is 176 Å². The average Bonchev–Trinajstić information content (AvgIpc) is 3.43. The molecule has 6 nitrogen and oxygen atoms in total. The molecule has 0 saturated heterocycles. The molecule has 0 bridgehead atoms. The normalized spacial score (nSPS) is 11.5. The van der Waals surface area contributed by atoms with E-state index in [1.807, 2.05) is 12.1 Å². The van der Waals surface area contributed by atoms with Gasteiger partial charge in [-0.15, -0.1) is 0 Å². The van der Waals surface area contributed by atoms with Gasteiger partial charge in [-0.3, -0.25) is 9.78 Å². The highest BCUT2D eigenvalue weighted by molar-refractivity contribution is 5.97.